The summed E-state index contributed by atoms with van der Waals surface area (Å²) in [5.41, 5.74) is 4.73. The minimum atomic E-state index is 0.121. The Morgan fingerprint density at radius 1 is 1.03 bits per heavy atom. The Morgan fingerprint density at radius 2 is 1.69 bits per heavy atom. The third kappa shape index (κ3) is 6.27. The Bertz CT molecular complexity index is 861. The molecule has 0 saturated carbocycles. The molecule has 2 aromatic carbocycles. The van der Waals surface area contributed by atoms with Crippen molar-refractivity contribution in [2.24, 2.45) is 0 Å². The number of thiocarbonyl (C=S) groups is 1. The zero-order valence-electron chi connectivity index (χ0n) is 17.5. The van der Waals surface area contributed by atoms with E-state index in [-0.39, 0.29) is 12.5 Å². The second-order valence-electron chi connectivity index (χ2n) is 7.80. The van der Waals surface area contributed by atoms with Crippen LogP contribution in [0.1, 0.15) is 16.7 Å². The van der Waals surface area contributed by atoms with Crippen LogP contribution in [-0.2, 0) is 11.3 Å². The average molecular weight is 411 g/mol. The van der Waals surface area contributed by atoms with Gasteiger partial charge in [0.15, 0.2) is 5.11 Å². The zero-order chi connectivity index (χ0) is 20.8. The van der Waals surface area contributed by atoms with Crippen LogP contribution in [0.25, 0.3) is 0 Å². The molecule has 0 spiro atoms. The average Bonchev–Trinajstić information content (AvgIpc) is 2.68. The zero-order valence-corrected chi connectivity index (χ0v) is 18.3. The number of hydrogen-bond acceptors (Lipinski definition) is 3. The highest BCUT2D eigenvalue weighted by atomic mass is 32.1. The molecule has 0 unspecified atom stereocenters. The second kappa shape index (κ2) is 9.85. The van der Waals surface area contributed by atoms with Gasteiger partial charge in [0.2, 0.25) is 5.91 Å². The Kier molecular flexibility index (Phi) is 7.23. The summed E-state index contributed by atoms with van der Waals surface area (Å²) >= 11 is 5.46. The summed E-state index contributed by atoms with van der Waals surface area (Å²) < 4.78 is 0. The van der Waals surface area contributed by atoms with E-state index in [2.05, 4.69) is 41.4 Å². The van der Waals surface area contributed by atoms with Crippen molar-refractivity contribution in [2.45, 2.75) is 20.4 Å². The normalized spacial score (nSPS) is 14.5. The van der Waals surface area contributed by atoms with E-state index in [1.807, 2.05) is 43.1 Å². The van der Waals surface area contributed by atoms with Crippen molar-refractivity contribution >= 4 is 28.9 Å². The standard InChI is InChI=1S/C23H30N4OS/c1-18-6-4-8-20(14-18)16-26-10-12-27(13-11-26)22(28)17-25(3)23(29)24-21-9-5-7-19(2)15-21/h4-9,14-15H,10-13,16-17H2,1-3H3,(H,24,29). The summed E-state index contributed by atoms with van der Waals surface area (Å²) in [7, 11) is 1.86. The quantitative estimate of drug-likeness (QED) is 0.766. The number of amides is 1. The number of likely N-dealkylation sites (N-methyl/N-ethyl adjacent to an activating group) is 1. The van der Waals surface area contributed by atoms with Gasteiger partial charge in [-0.25, -0.2) is 0 Å². The lowest BCUT2D eigenvalue weighted by Gasteiger charge is -2.35. The van der Waals surface area contributed by atoms with Gasteiger partial charge in [-0.05, 0) is 49.3 Å². The number of nitrogens with one attached hydrogen (secondary N) is 1. The van der Waals surface area contributed by atoms with E-state index >= 15 is 0 Å². The number of carbonyl (C=O) groups is 1. The molecule has 1 saturated heterocycles. The fourth-order valence-corrected chi connectivity index (χ4v) is 3.72. The number of aryl methyl sites for hydroxylation is 2. The smallest absolute Gasteiger partial charge is 0.242 e. The molecule has 1 amide bonds. The fraction of sp³-hybridized carbons (Fsp3) is 0.391. The molecule has 1 aliphatic rings. The van der Waals surface area contributed by atoms with E-state index in [0.29, 0.717) is 5.11 Å². The summed E-state index contributed by atoms with van der Waals surface area (Å²) in [6.45, 7) is 8.70. The lowest BCUT2D eigenvalue weighted by molar-refractivity contribution is -0.133. The Labute approximate surface area is 179 Å². The predicted molar refractivity (Wildman–Crippen MR) is 123 cm³/mol. The second-order valence-corrected chi connectivity index (χ2v) is 8.19. The van der Waals surface area contributed by atoms with E-state index in [0.717, 1.165) is 38.4 Å². The first-order valence-electron chi connectivity index (χ1n) is 10.0. The van der Waals surface area contributed by atoms with Gasteiger partial charge in [-0.2, -0.15) is 0 Å². The van der Waals surface area contributed by atoms with E-state index in [9.17, 15) is 4.79 Å². The molecule has 0 aliphatic carbocycles. The van der Waals surface area contributed by atoms with E-state index in [1.54, 1.807) is 4.90 Å². The minimum Gasteiger partial charge on any atom is -0.343 e. The topological polar surface area (TPSA) is 38.8 Å². The molecule has 5 nitrogen and oxygen atoms in total. The Morgan fingerprint density at radius 3 is 2.34 bits per heavy atom. The highest BCUT2D eigenvalue weighted by Gasteiger charge is 2.22. The van der Waals surface area contributed by atoms with E-state index < -0.39 is 0 Å². The van der Waals surface area contributed by atoms with Crippen molar-refractivity contribution in [3.63, 3.8) is 0 Å². The van der Waals surface area contributed by atoms with Crippen LogP contribution in [0, 0.1) is 13.8 Å². The molecule has 1 aliphatic heterocycles. The van der Waals surface area contributed by atoms with E-state index in [1.165, 1.54) is 16.7 Å². The van der Waals surface area contributed by atoms with Gasteiger partial charge in [0, 0.05) is 45.5 Å². The molecule has 2 aromatic rings. The Balaban J connectivity index is 1.44. The first kappa shape index (κ1) is 21.3. The highest BCUT2D eigenvalue weighted by molar-refractivity contribution is 7.80. The largest absolute Gasteiger partial charge is 0.343 e. The van der Waals surface area contributed by atoms with Crippen molar-refractivity contribution in [3.05, 3.63) is 65.2 Å². The molecular formula is C23H30N4OS. The van der Waals surface area contributed by atoms with Gasteiger partial charge >= 0.3 is 0 Å². The number of rotatable bonds is 5. The number of nitrogens with zero attached hydrogens (tertiary/aromatic N) is 3. The number of carbonyl (C=O) groups excluding carboxylic acids is 1. The van der Waals surface area contributed by atoms with Crippen LogP contribution in [0.5, 0.6) is 0 Å². The van der Waals surface area contributed by atoms with Crippen molar-refractivity contribution in [1.82, 2.24) is 14.7 Å². The molecule has 154 valence electrons. The maximum Gasteiger partial charge on any atom is 0.242 e. The summed E-state index contributed by atoms with van der Waals surface area (Å²) in [5.74, 6) is 0.121. The van der Waals surface area contributed by atoms with Crippen LogP contribution in [0.4, 0.5) is 5.69 Å². The molecule has 1 fully saturated rings. The maximum atomic E-state index is 12.7. The summed E-state index contributed by atoms with van der Waals surface area (Å²) in [6.07, 6.45) is 0. The van der Waals surface area contributed by atoms with Crippen molar-refractivity contribution in [2.75, 3.05) is 45.1 Å². The molecule has 29 heavy (non-hydrogen) atoms. The van der Waals surface area contributed by atoms with Gasteiger partial charge in [-0.15, -0.1) is 0 Å². The first-order valence-corrected chi connectivity index (χ1v) is 10.5. The monoisotopic (exact) mass is 410 g/mol. The molecule has 1 heterocycles. The lowest BCUT2D eigenvalue weighted by Crippen LogP contribution is -2.51. The van der Waals surface area contributed by atoms with Crippen LogP contribution in [-0.4, -0.2) is 65.5 Å². The predicted octanol–water partition coefficient (Wildman–Crippen LogP) is 3.28. The van der Waals surface area contributed by atoms with Gasteiger partial charge in [-0.3, -0.25) is 9.69 Å². The van der Waals surface area contributed by atoms with E-state index in [4.69, 9.17) is 12.2 Å². The summed E-state index contributed by atoms with van der Waals surface area (Å²) in [5, 5.41) is 3.77. The molecule has 0 radical (unpaired) electrons. The molecule has 1 N–H and O–H groups in total. The molecule has 0 atom stereocenters. The van der Waals surface area contributed by atoms with Crippen molar-refractivity contribution in [1.29, 1.82) is 0 Å². The number of hydrogen-bond donors (Lipinski definition) is 1. The SMILES string of the molecule is Cc1cccc(CN2CCN(C(=O)CN(C)C(=S)Nc3cccc(C)c3)CC2)c1. The Hall–Kier alpha value is -2.44. The number of piperazine rings is 1. The van der Waals surface area contributed by atoms with Gasteiger partial charge in [0.25, 0.3) is 0 Å². The van der Waals surface area contributed by atoms with Crippen LogP contribution >= 0.6 is 12.2 Å². The van der Waals surface area contributed by atoms with Crippen LogP contribution < -0.4 is 5.32 Å². The third-order valence-electron chi connectivity index (χ3n) is 5.20. The van der Waals surface area contributed by atoms with Crippen LogP contribution in [0.2, 0.25) is 0 Å². The van der Waals surface area contributed by atoms with Gasteiger partial charge in [0.05, 0.1) is 6.54 Å². The van der Waals surface area contributed by atoms with Gasteiger partial charge < -0.3 is 15.1 Å². The fourth-order valence-electron chi connectivity index (χ4n) is 3.54. The minimum absolute atomic E-state index is 0.121. The van der Waals surface area contributed by atoms with Gasteiger partial charge in [-0.1, -0.05) is 42.0 Å². The third-order valence-corrected chi connectivity index (χ3v) is 5.62. The molecule has 3 rings (SSSR count). The highest BCUT2D eigenvalue weighted by Crippen LogP contribution is 2.12. The summed E-state index contributed by atoms with van der Waals surface area (Å²) in [4.78, 5) is 18.9. The van der Waals surface area contributed by atoms with Crippen molar-refractivity contribution in [3.8, 4) is 0 Å². The molecule has 6 heteroatoms. The van der Waals surface area contributed by atoms with Crippen LogP contribution in [0.3, 0.4) is 0 Å². The van der Waals surface area contributed by atoms with Crippen LogP contribution in [0.15, 0.2) is 48.5 Å². The molecular weight excluding hydrogens is 380 g/mol. The van der Waals surface area contributed by atoms with Crippen molar-refractivity contribution < 1.29 is 4.79 Å². The van der Waals surface area contributed by atoms with Gasteiger partial charge in [0.1, 0.15) is 0 Å². The lowest BCUT2D eigenvalue weighted by atomic mass is 10.1. The maximum absolute atomic E-state index is 12.7. The first-order chi connectivity index (χ1) is 13.9. The summed E-state index contributed by atoms with van der Waals surface area (Å²) in [6, 6.07) is 16.7. The molecule has 0 bridgehead atoms. The molecule has 0 aromatic heterocycles. The number of benzene rings is 2. The number of anilines is 1.